The lowest BCUT2D eigenvalue weighted by atomic mass is 9.80. The van der Waals surface area contributed by atoms with Crippen molar-refractivity contribution in [2.45, 2.75) is 51.3 Å². The summed E-state index contributed by atoms with van der Waals surface area (Å²) in [6.45, 7) is 9.44. The Kier molecular flexibility index (Phi) is 4.59. The fourth-order valence-electron chi connectivity index (χ4n) is 3.25. The van der Waals surface area contributed by atoms with E-state index in [1.54, 1.807) is 0 Å². The number of rotatable bonds is 3. The number of hydrogen-bond donors (Lipinski definition) is 1. The molecule has 18 heavy (non-hydrogen) atoms. The highest BCUT2D eigenvalue weighted by Crippen LogP contribution is 2.36. The highest BCUT2D eigenvalue weighted by Gasteiger charge is 2.44. The van der Waals surface area contributed by atoms with Crippen molar-refractivity contribution in [3.05, 3.63) is 0 Å². The molecule has 2 saturated heterocycles. The van der Waals surface area contributed by atoms with E-state index in [0.29, 0.717) is 17.2 Å². The number of carbonyl (C=O) groups is 1. The predicted octanol–water partition coefficient (Wildman–Crippen LogP) is 2.12. The molecule has 0 radical (unpaired) electrons. The van der Waals surface area contributed by atoms with Crippen LogP contribution in [0.3, 0.4) is 0 Å². The highest BCUT2D eigenvalue weighted by molar-refractivity contribution is 8.00. The van der Waals surface area contributed by atoms with Crippen molar-refractivity contribution in [3.8, 4) is 0 Å². The molecule has 0 aromatic heterocycles. The van der Waals surface area contributed by atoms with Crippen molar-refractivity contribution in [1.29, 1.82) is 0 Å². The molecule has 2 fully saturated rings. The van der Waals surface area contributed by atoms with Crippen molar-refractivity contribution in [1.82, 2.24) is 10.2 Å². The Balaban J connectivity index is 2.12. The van der Waals surface area contributed by atoms with Crippen LogP contribution in [0.2, 0.25) is 0 Å². The maximum atomic E-state index is 12.9. The molecule has 1 amide bonds. The minimum Gasteiger partial charge on any atom is -0.338 e. The van der Waals surface area contributed by atoms with Gasteiger partial charge in [-0.1, -0.05) is 20.3 Å². The Hall–Kier alpha value is -0.220. The van der Waals surface area contributed by atoms with Gasteiger partial charge in [0, 0.05) is 30.1 Å². The third kappa shape index (κ3) is 2.55. The van der Waals surface area contributed by atoms with Gasteiger partial charge in [0.2, 0.25) is 5.91 Å². The average Bonchev–Trinajstić information content (AvgIpc) is 2.82. The van der Waals surface area contributed by atoms with E-state index < -0.39 is 0 Å². The molecule has 2 heterocycles. The monoisotopic (exact) mass is 270 g/mol. The maximum Gasteiger partial charge on any atom is 0.230 e. The van der Waals surface area contributed by atoms with Crippen molar-refractivity contribution < 1.29 is 4.79 Å². The van der Waals surface area contributed by atoms with Gasteiger partial charge in [0.15, 0.2) is 0 Å². The van der Waals surface area contributed by atoms with Gasteiger partial charge in [-0.15, -0.1) is 0 Å². The lowest BCUT2D eigenvalue weighted by molar-refractivity contribution is -0.143. The number of thioether (sulfide) groups is 1. The third-order valence-electron chi connectivity index (χ3n) is 4.57. The first-order valence-electron chi connectivity index (χ1n) is 7.24. The molecule has 3 nitrogen and oxygen atoms in total. The van der Waals surface area contributed by atoms with Crippen molar-refractivity contribution in [2.75, 3.05) is 25.4 Å². The molecule has 2 aliphatic heterocycles. The first kappa shape index (κ1) is 14.2. The Labute approximate surface area is 115 Å². The number of hydrogen-bond acceptors (Lipinski definition) is 3. The third-order valence-corrected chi connectivity index (χ3v) is 5.91. The zero-order valence-corrected chi connectivity index (χ0v) is 12.7. The molecule has 0 bridgehead atoms. The van der Waals surface area contributed by atoms with Gasteiger partial charge in [-0.25, -0.2) is 0 Å². The van der Waals surface area contributed by atoms with Gasteiger partial charge in [-0.2, -0.15) is 11.8 Å². The Morgan fingerprint density at radius 2 is 2.28 bits per heavy atom. The molecule has 3 unspecified atom stereocenters. The van der Waals surface area contributed by atoms with E-state index in [1.165, 1.54) is 0 Å². The molecule has 1 N–H and O–H groups in total. The minimum absolute atomic E-state index is 0.106. The fourth-order valence-corrected chi connectivity index (χ4v) is 4.35. The Morgan fingerprint density at radius 3 is 2.89 bits per heavy atom. The van der Waals surface area contributed by atoms with E-state index >= 15 is 0 Å². The summed E-state index contributed by atoms with van der Waals surface area (Å²) in [7, 11) is 0. The quantitative estimate of drug-likeness (QED) is 0.852. The molecule has 0 aromatic rings. The van der Waals surface area contributed by atoms with Crippen LogP contribution in [0.25, 0.3) is 0 Å². The van der Waals surface area contributed by atoms with Gasteiger partial charge in [0.1, 0.15) is 0 Å². The second-order valence-corrected chi connectivity index (χ2v) is 7.26. The molecule has 104 valence electrons. The normalized spacial score (nSPS) is 36.9. The maximum absolute atomic E-state index is 12.9. The molecule has 0 aliphatic carbocycles. The average molecular weight is 270 g/mol. The van der Waals surface area contributed by atoms with Gasteiger partial charge in [0.05, 0.1) is 5.41 Å². The SMILES string of the molecule is CCCC1(C(=O)N2CCSC(C)C2C)CCNC1. The van der Waals surface area contributed by atoms with Crippen LogP contribution in [0, 0.1) is 5.41 Å². The number of nitrogens with one attached hydrogen (secondary N) is 1. The fraction of sp³-hybridized carbons (Fsp3) is 0.929. The van der Waals surface area contributed by atoms with Crippen molar-refractivity contribution in [2.24, 2.45) is 5.41 Å². The second kappa shape index (κ2) is 5.83. The Morgan fingerprint density at radius 1 is 1.50 bits per heavy atom. The van der Waals surface area contributed by atoms with Crippen LogP contribution in [0.5, 0.6) is 0 Å². The van der Waals surface area contributed by atoms with E-state index in [2.05, 4.69) is 31.0 Å². The standard InChI is InChI=1S/C14H26N2OS/c1-4-5-14(6-7-15-10-14)13(17)16-8-9-18-12(3)11(16)2/h11-12,15H,4-10H2,1-3H3. The summed E-state index contributed by atoms with van der Waals surface area (Å²) in [6, 6.07) is 0.380. The van der Waals surface area contributed by atoms with Crippen LogP contribution < -0.4 is 5.32 Å². The highest BCUT2D eigenvalue weighted by atomic mass is 32.2. The van der Waals surface area contributed by atoms with E-state index in [1.807, 2.05) is 11.8 Å². The first-order valence-corrected chi connectivity index (χ1v) is 8.29. The van der Waals surface area contributed by atoms with Gasteiger partial charge in [-0.05, 0) is 26.3 Å². The van der Waals surface area contributed by atoms with E-state index in [9.17, 15) is 4.79 Å². The molecular weight excluding hydrogens is 244 g/mol. The summed E-state index contributed by atoms with van der Waals surface area (Å²) in [4.78, 5) is 15.1. The summed E-state index contributed by atoms with van der Waals surface area (Å²) in [5.41, 5.74) is -0.106. The summed E-state index contributed by atoms with van der Waals surface area (Å²) in [6.07, 6.45) is 3.15. The van der Waals surface area contributed by atoms with E-state index in [-0.39, 0.29) is 5.41 Å². The van der Waals surface area contributed by atoms with Crippen LogP contribution in [-0.4, -0.2) is 47.5 Å². The summed E-state index contributed by atoms with van der Waals surface area (Å²) >= 11 is 1.99. The van der Waals surface area contributed by atoms with Gasteiger partial charge < -0.3 is 10.2 Å². The minimum atomic E-state index is -0.106. The van der Waals surface area contributed by atoms with Crippen LogP contribution in [-0.2, 0) is 4.79 Å². The molecule has 0 spiro atoms. The van der Waals surface area contributed by atoms with Gasteiger partial charge in [0.25, 0.3) is 0 Å². The number of nitrogens with zero attached hydrogens (tertiary/aromatic N) is 1. The topological polar surface area (TPSA) is 32.3 Å². The molecule has 0 saturated carbocycles. The zero-order chi connectivity index (χ0) is 13.2. The first-order chi connectivity index (χ1) is 8.60. The molecule has 0 aromatic carbocycles. The van der Waals surface area contributed by atoms with Crippen LogP contribution >= 0.6 is 11.8 Å². The zero-order valence-electron chi connectivity index (χ0n) is 11.9. The predicted molar refractivity (Wildman–Crippen MR) is 77.9 cm³/mol. The number of carbonyl (C=O) groups excluding carboxylic acids is 1. The molecule has 3 atom stereocenters. The Bertz CT molecular complexity index is 302. The molecular formula is C14H26N2OS. The largest absolute Gasteiger partial charge is 0.338 e. The van der Waals surface area contributed by atoms with Crippen LogP contribution in [0.4, 0.5) is 0 Å². The lowest BCUT2D eigenvalue weighted by Crippen LogP contribution is -2.54. The van der Waals surface area contributed by atoms with Crippen LogP contribution in [0.1, 0.15) is 40.0 Å². The van der Waals surface area contributed by atoms with Gasteiger partial charge in [-0.3, -0.25) is 4.79 Å². The van der Waals surface area contributed by atoms with Crippen molar-refractivity contribution in [3.63, 3.8) is 0 Å². The molecule has 2 rings (SSSR count). The van der Waals surface area contributed by atoms with Crippen molar-refractivity contribution >= 4 is 17.7 Å². The van der Waals surface area contributed by atoms with E-state index in [0.717, 1.165) is 44.6 Å². The molecule has 4 heteroatoms. The number of amides is 1. The summed E-state index contributed by atoms with van der Waals surface area (Å²) in [5.74, 6) is 1.50. The van der Waals surface area contributed by atoms with Gasteiger partial charge >= 0.3 is 0 Å². The second-order valence-electron chi connectivity index (χ2n) is 5.77. The lowest BCUT2D eigenvalue weighted by Gasteiger charge is -2.42. The smallest absolute Gasteiger partial charge is 0.230 e. The summed E-state index contributed by atoms with van der Waals surface area (Å²) in [5, 5.41) is 3.96. The van der Waals surface area contributed by atoms with Crippen LogP contribution in [0.15, 0.2) is 0 Å². The molecule has 2 aliphatic rings. The van der Waals surface area contributed by atoms with E-state index in [4.69, 9.17) is 0 Å². The summed E-state index contributed by atoms with van der Waals surface area (Å²) < 4.78 is 0.